The molecule has 0 radical (unpaired) electrons. The third kappa shape index (κ3) is 4.02. The Morgan fingerprint density at radius 2 is 1.62 bits per heavy atom. The van der Waals surface area contributed by atoms with Gasteiger partial charge in [0.2, 0.25) is 5.91 Å². The molecule has 0 saturated heterocycles. The maximum Gasteiger partial charge on any atom is 0.275 e. The molecule has 1 amide bonds. The van der Waals surface area contributed by atoms with Crippen molar-refractivity contribution in [1.82, 2.24) is 9.78 Å². The van der Waals surface area contributed by atoms with Gasteiger partial charge in [-0.2, -0.15) is 5.10 Å². The third-order valence-electron chi connectivity index (χ3n) is 4.41. The predicted octanol–water partition coefficient (Wildman–Crippen LogP) is 4.49. The van der Waals surface area contributed by atoms with E-state index in [1.807, 2.05) is 24.3 Å². The van der Waals surface area contributed by atoms with Gasteiger partial charge in [0.05, 0.1) is 11.1 Å². The molecule has 0 spiro atoms. The lowest BCUT2D eigenvalue weighted by Gasteiger charge is -2.12. The summed E-state index contributed by atoms with van der Waals surface area (Å²) in [5.74, 6) is -0.841. The van der Waals surface area contributed by atoms with E-state index in [0.717, 1.165) is 10.2 Å². The average Bonchev–Trinajstić information content (AvgIpc) is 2.73. The van der Waals surface area contributed by atoms with Crippen LogP contribution in [0, 0.1) is 5.82 Å². The molecule has 4 aromatic rings. The van der Waals surface area contributed by atoms with E-state index in [0.29, 0.717) is 27.2 Å². The van der Waals surface area contributed by atoms with Gasteiger partial charge in [-0.1, -0.05) is 41.9 Å². The van der Waals surface area contributed by atoms with Crippen molar-refractivity contribution in [2.24, 2.45) is 0 Å². The summed E-state index contributed by atoms with van der Waals surface area (Å²) in [6.45, 7) is -0.276. The van der Waals surface area contributed by atoms with Crippen LogP contribution in [0.1, 0.15) is 0 Å². The van der Waals surface area contributed by atoms with Crippen LogP contribution in [0.15, 0.2) is 77.6 Å². The molecule has 0 aliphatic rings. The van der Waals surface area contributed by atoms with Crippen LogP contribution < -0.4 is 10.9 Å². The first-order chi connectivity index (χ1) is 14.0. The Morgan fingerprint density at radius 1 is 0.966 bits per heavy atom. The number of nitrogens with one attached hydrogen (secondary N) is 1. The first kappa shape index (κ1) is 18.8. The Balaban J connectivity index is 1.73. The first-order valence-corrected chi connectivity index (χ1v) is 9.20. The van der Waals surface area contributed by atoms with E-state index in [1.54, 1.807) is 24.3 Å². The van der Waals surface area contributed by atoms with E-state index in [-0.39, 0.29) is 12.1 Å². The van der Waals surface area contributed by atoms with Gasteiger partial charge in [-0.25, -0.2) is 9.07 Å². The number of rotatable bonds is 4. The second-order valence-electron chi connectivity index (χ2n) is 6.42. The fourth-order valence-electron chi connectivity index (χ4n) is 3.03. The topological polar surface area (TPSA) is 64.0 Å². The van der Waals surface area contributed by atoms with Gasteiger partial charge < -0.3 is 5.32 Å². The summed E-state index contributed by atoms with van der Waals surface area (Å²) in [6.07, 6.45) is 0. The van der Waals surface area contributed by atoms with Crippen LogP contribution in [0.25, 0.3) is 22.0 Å². The molecule has 5 nitrogen and oxygen atoms in total. The van der Waals surface area contributed by atoms with Gasteiger partial charge in [-0.3, -0.25) is 9.59 Å². The minimum Gasteiger partial charge on any atom is -0.324 e. The number of hydrogen-bond donors (Lipinski definition) is 1. The van der Waals surface area contributed by atoms with Gasteiger partial charge in [-0.05, 0) is 42.5 Å². The number of benzene rings is 3. The maximum atomic E-state index is 13.0. The average molecular weight is 408 g/mol. The number of nitrogens with zero attached hydrogens (tertiary/aromatic N) is 2. The molecule has 1 aromatic heterocycles. The molecule has 0 fully saturated rings. The number of fused-ring (bicyclic) bond motifs is 1. The summed E-state index contributed by atoms with van der Waals surface area (Å²) in [7, 11) is 0. The van der Waals surface area contributed by atoms with Gasteiger partial charge in [0.15, 0.2) is 0 Å². The minimum atomic E-state index is -0.441. The zero-order valence-electron chi connectivity index (χ0n) is 15.1. The van der Waals surface area contributed by atoms with Crippen LogP contribution in [0.4, 0.5) is 10.1 Å². The van der Waals surface area contributed by atoms with E-state index >= 15 is 0 Å². The standard InChI is InChI=1S/C22H15ClFN3O2/c23-15-7-5-14(6-8-15)21-18-3-1-2-4-19(18)22(29)27(26-21)13-20(28)25-17-11-9-16(24)10-12-17/h1-12H,13H2,(H,25,28). The number of carbonyl (C=O) groups excluding carboxylic acids is 1. The summed E-state index contributed by atoms with van der Waals surface area (Å²) < 4.78 is 14.2. The number of hydrogen-bond acceptors (Lipinski definition) is 3. The van der Waals surface area contributed by atoms with Crippen LogP contribution in [0.3, 0.4) is 0 Å². The fraction of sp³-hybridized carbons (Fsp3) is 0.0455. The van der Waals surface area contributed by atoms with E-state index in [9.17, 15) is 14.0 Å². The highest BCUT2D eigenvalue weighted by Gasteiger charge is 2.14. The molecule has 1 heterocycles. The number of amides is 1. The Bertz CT molecular complexity index is 1250. The van der Waals surface area contributed by atoms with Crippen molar-refractivity contribution in [3.8, 4) is 11.3 Å². The van der Waals surface area contributed by atoms with E-state index in [2.05, 4.69) is 10.4 Å². The van der Waals surface area contributed by atoms with Crippen molar-refractivity contribution in [2.75, 3.05) is 5.32 Å². The van der Waals surface area contributed by atoms with Crippen molar-refractivity contribution in [3.05, 3.63) is 94.0 Å². The predicted molar refractivity (Wildman–Crippen MR) is 111 cm³/mol. The summed E-state index contributed by atoms with van der Waals surface area (Å²) >= 11 is 5.98. The number of anilines is 1. The molecule has 0 bridgehead atoms. The monoisotopic (exact) mass is 407 g/mol. The lowest BCUT2D eigenvalue weighted by Crippen LogP contribution is -2.30. The van der Waals surface area contributed by atoms with Gasteiger partial charge >= 0.3 is 0 Å². The number of halogens is 2. The molecule has 7 heteroatoms. The SMILES string of the molecule is O=C(Cn1nc(-c2ccc(Cl)cc2)c2ccccc2c1=O)Nc1ccc(F)cc1. The number of aromatic nitrogens is 2. The van der Waals surface area contributed by atoms with Crippen molar-refractivity contribution >= 4 is 34.0 Å². The van der Waals surface area contributed by atoms with Crippen LogP contribution >= 0.6 is 11.6 Å². The van der Waals surface area contributed by atoms with E-state index in [1.165, 1.54) is 24.3 Å². The van der Waals surface area contributed by atoms with Crippen molar-refractivity contribution in [3.63, 3.8) is 0 Å². The minimum absolute atomic E-state index is 0.276. The largest absolute Gasteiger partial charge is 0.324 e. The smallest absolute Gasteiger partial charge is 0.275 e. The summed E-state index contributed by atoms with van der Waals surface area (Å²) in [5, 5.41) is 8.81. The molecule has 0 aliphatic carbocycles. The third-order valence-corrected chi connectivity index (χ3v) is 4.66. The Kier molecular flexibility index (Phi) is 5.10. The summed E-state index contributed by atoms with van der Waals surface area (Å²) in [4.78, 5) is 25.3. The second kappa shape index (κ2) is 7.85. The van der Waals surface area contributed by atoms with Gasteiger partial charge in [0.25, 0.3) is 5.56 Å². The molecule has 0 saturated carbocycles. The van der Waals surface area contributed by atoms with Crippen molar-refractivity contribution < 1.29 is 9.18 Å². The molecule has 4 rings (SSSR count). The van der Waals surface area contributed by atoms with E-state index < -0.39 is 11.7 Å². The molecule has 0 aliphatic heterocycles. The van der Waals surface area contributed by atoms with Gasteiger partial charge in [0, 0.05) is 21.7 Å². The van der Waals surface area contributed by atoms with E-state index in [4.69, 9.17) is 11.6 Å². The van der Waals surface area contributed by atoms with Crippen LogP contribution in [0.5, 0.6) is 0 Å². The van der Waals surface area contributed by atoms with Gasteiger partial charge in [0.1, 0.15) is 12.4 Å². The zero-order chi connectivity index (χ0) is 20.4. The second-order valence-corrected chi connectivity index (χ2v) is 6.86. The molecule has 0 atom stereocenters. The zero-order valence-corrected chi connectivity index (χ0v) is 15.9. The number of carbonyl (C=O) groups is 1. The normalized spacial score (nSPS) is 10.8. The van der Waals surface area contributed by atoms with Crippen LogP contribution in [0.2, 0.25) is 5.02 Å². The van der Waals surface area contributed by atoms with Crippen molar-refractivity contribution in [2.45, 2.75) is 6.54 Å². The Hall–Kier alpha value is -3.51. The Labute approximate surface area is 170 Å². The lowest BCUT2D eigenvalue weighted by atomic mass is 10.1. The van der Waals surface area contributed by atoms with Crippen LogP contribution in [-0.2, 0) is 11.3 Å². The highest BCUT2D eigenvalue weighted by atomic mass is 35.5. The molecular weight excluding hydrogens is 393 g/mol. The highest BCUT2D eigenvalue weighted by molar-refractivity contribution is 6.30. The molecule has 0 unspecified atom stereocenters. The summed E-state index contributed by atoms with van der Waals surface area (Å²) in [5.41, 5.74) is 1.42. The molecular formula is C22H15ClFN3O2. The molecule has 29 heavy (non-hydrogen) atoms. The Morgan fingerprint density at radius 3 is 2.31 bits per heavy atom. The summed E-state index contributed by atoms with van der Waals surface area (Å²) in [6, 6.07) is 19.6. The molecule has 144 valence electrons. The van der Waals surface area contributed by atoms with Crippen molar-refractivity contribution in [1.29, 1.82) is 0 Å². The first-order valence-electron chi connectivity index (χ1n) is 8.82. The molecule has 3 aromatic carbocycles. The lowest BCUT2D eigenvalue weighted by molar-refractivity contribution is -0.117. The maximum absolute atomic E-state index is 13.0. The van der Waals surface area contributed by atoms with Gasteiger partial charge in [-0.15, -0.1) is 0 Å². The fourth-order valence-corrected chi connectivity index (χ4v) is 3.16. The molecule has 1 N–H and O–H groups in total. The highest BCUT2D eigenvalue weighted by Crippen LogP contribution is 2.25. The quantitative estimate of drug-likeness (QED) is 0.542. The van der Waals surface area contributed by atoms with Crippen LogP contribution in [-0.4, -0.2) is 15.7 Å².